The molecule has 0 saturated heterocycles. The molecular weight excluding hydrogens is 358 g/mol. The third-order valence-electron chi connectivity index (χ3n) is 3.48. The molecule has 0 spiro atoms. The molecule has 0 fully saturated rings. The number of hydrogen-bond donors (Lipinski definition) is 1. The Morgan fingerprint density at radius 1 is 1.00 bits per heavy atom. The van der Waals surface area contributed by atoms with Crippen LogP contribution in [0.4, 0.5) is 5.69 Å². The topological polar surface area (TPSA) is 104 Å². The quantitative estimate of drug-likeness (QED) is 0.706. The number of rotatable bonds is 6. The number of ether oxygens (including phenoxy) is 2. The predicted octanol–water partition coefficient (Wildman–Crippen LogP) is 2.79. The van der Waals surface area contributed by atoms with Crippen molar-refractivity contribution in [3.05, 3.63) is 42.5 Å². The SMILES string of the molecule is COc1ccc(-c2noc(-c3cccc(NS(C)(=O)=O)c3)n2)cc1OC. The third kappa shape index (κ3) is 3.94. The molecule has 0 amide bonds. The van der Waals surface area contributed by atoms with Crippen LogP contribution in [0.3, 0.4) is 0 Å². The van der Waals surface area contributed by atoms with Gasteiger partial charge >= 0.3 is 0 Å². The van der Waals surface area contributed by atoms with Crippen molar-refractivity contribution in [2.24, 2.45) is 0 Å². The van der Waals surface area contributed by atoms with Gasteiger partial charge in [0, 0.05) is 16.8 Å². The monoisotopic (exact) mass is 375 g/mol. The summed E-state index contributed by atoms with van der Waals surface area (Å²) in [6.07, 6.45) is 1.08. The van der Waals surface area contributed by atoms with E-state index in [4.69, 9.17) is 14.0 Å². The van der Waals surface area contributed by atoms with E-state index in [0.29, 0.717) is 34.1 Å². The minimum Gasteiger partial charge on any atom is -0.493 e. The van der Waals surface area contributed by atoms with Gasteiger partial charge in [0.2, 0.25) is 15.8 Å². The summed E-state index contributed by atoms with van der Waals surface area (Å²) in [4.78, 5) is 4.37. The maximum atomic E-state index is 11.4. The number of anilines is 1. The molecule has 0 unspecified atom stereocenters. The molecule has 1 heterocycles. The Kier molecular flexibility index (Phi) is 4.81. The molecule has 0 aliphatic rings. The second kappa shape index (κ2) is 7.04. The standard InChI is InChI=1S/C17H17N3O5S/c1-23-14-8-7-11(10-15(14)24-2)16-18-17(25-19-16)12-5-4-6-13(9-12)20-26(3,21)22/h4-10,20H,1-3H3. The summed E-state index contributed by atoms with van der Waals surface area (Å²) in [5.74, 6) is 1.80. The van der Waals surface area contributed by atoms with Gasteiger partial charge in [-0.05, 0) is 36.4 Å². The van der Waals surface area contributed by atoms with Gasteiger partial charge in [0.1, 0.15) is 0 Å². The van der Waals surface area contributed by atoms with Gasteiger partial charge in [-0.25, -0.2) is 8.42 Å². The van der Waals surface area contributed by atoms with E-state index < -0.39 is 10.0 Å². The van der Waals surface area contributed by atoms with Crippen molar-refractivity contribution in [3.63, 3.8) is 0 Å². The maximum Gasteiger partial charge on any atom is 0.258 e. The molecule has 0 radical (unpaired) electrons. The van der Waals surface area contributed by atoms with Gasteiger partial charge in [0.05, 0.1) is 20.5 Å². The second-order valence-corrected chi connectivity index (χ2v) is 7.20. The first-order valence-electron chi connectivity index (χ1n) is 7.54. The van der Waals surface area contributed by atoms with Crippen LogP contribution in [-0.4, -0.2) is 39.0 Å². The van der Waals surface area contributed by atoms with Crippen molar-refractivity contribution in [2.45, 2.75) is 0 Å². The highest BCUT2D eigenvalue weighted by Crippen LogP contribution is 2.32. The Morgan fingerprint density at radius 2 is 1.77 bits per heavy atom. The van der Waals surface area contributed by atoms with Crippen LogP contribution in [0.1, 0.15) is 0 Å². The van der Waals surface area contributed by atoms with E-state index in [1.54, 1.807) is 56.7 Å². The van der Waals surface area contributed by atoms with Crippen LogP contribution < -0.4 is 14.2 Å². The van der Waals surface area contributed by atoms with E-state index in [0.717, 1.165) is 6.26 Å². The smallest absolute Gasteiger partial charge is 0.258 e. The minimum absolute atomic E-state index is 0.270. The van der Waals surface area contributed by atoms with Crippen LogP contribution in [0.15, 0.2) is 47.0 Å². The van der Waals surface area contributed by atoms with Gasteiger partial charge < -0.3 is 14.0 Å². The van der Waals surface area contributed by atoms with Gasteiger partial charge in [-0.3, -0.25) is 4.72 Å². The first-order valence-corrected chi connectivity index (χ1v) is 9.43. The van der Waals surface area contributed by atoms with Gasteiger partial charge in [-0.15, -0.1) is 0 Å². The van der Waals surface area contributed by atoms with Crippen LogP contribution in [0.5, 0.6) is 11.5 Å². The number of aromatic nitrogens is 2. The summed E-state index contributed by atoms with van der Waals surface area (Å²) < 4.78 is 40.9. The van der Waals surface area contributed by atoms with Gasteiger partial charge in [-0.1, -0.05) is 11.2 Å². The molecule has 3 rings (SSSR count). The Morgan fingerprint density at radius 3 is 2.46 bits per heavy atom. The van der Waals surface area contributed by atoms with Crippen LogP contribution >= 0.6 is 0 Å². The largest absolute Gasteiger partial charge is 0.493 e. The van der Waals surface area contributed by atoms with Crippen molar-refractivity contribution in [2.75, 3.05) is 25.2 Å². The Labute approximate surface area is 150 Å². The summed E-state index contributed by atoms with van der Waals surface area (Å²) in [5, 5.41) is 3.98. The van der Waals surface area contributed by atoms with Gasteiger partial charge in [0.25, 0.3) is 5.89 Å². The predicted molar refractivity (Wildman–Crippen MR) is 96.7 cm³/mol. The number of benzene rings is 2. The van der Waals surface area contributed by atoms with Crippen LogP contribution in [0, 0.1) is 0 Å². The Balaban J connectivity index is 1.92. The van der Waals surface area contributed by atoms with E-state index in [2.05, 4.69) is 14.9 Å². The van der Waals surface area contributed by atoms with E-state index >= 15 is 0 Å². The van der Waals surface area contributed by atoms with Crippen molar-refractivity contribution in [3.8, 4) is 34.3 Å². The minimum atomic E-state index is -3.37. The zero-order valence-corrected chi connectivity index (χ0v) is 15.2. The highest BCUT2D eigenvalue weighted by molar-refractivity contribution is 7.92. The van der Waals surface area contributed by atoms with Crippen LogP contribution in [0.25, 0.3) is 22.8 Å². The number of methoxy groups -OCH3 is 2. The van der Waals surface area contributed by atoms with E-state index in [9.17, 15) is 8.42 Å². The fourth-order valence-electron chi connectivity index (χ4n) is 2.36. The van der Waals surface area contributed by atoms with Crippen molar-refractivity contribution < 1.29 is 22.4 Å². The van der Waals surface area contributed by atoms with Gasteiger partial charge in [-0.2, -0.15) is 4.98 Å². The lowest BCUT2D eigenvalue weighted by atomic mass is 10.2. The zero-order chi connectivity index (χ0) is 18.7. The zero-order valence-electron chi connectivity index (χ0n) is 14.4. The number of hydrogen-bond acceptors (Lipinski definition) is 7. The molecule has 0 saturated carbocycles. The highest BCUT2D eigenvalue weighted by Gasteiger charge is 2.14. The third-order valence-corrected chi connectivity index (χ3v) is 4.09. The molecule has 0 aliphatic carbocycles. The fourth-order valence-corrected chi connectivity index (χ4v) is 2.92. The lowest BCUT2D eigenvalue weighted by Crippen LogP contribution is -2.09. The summed E-state index contributed by atoms with van der Waals surface area (Å²) >= 11 is 0. The van der Waals surface area contributed by atoms with Crippen LogP contribution in [0.2, 0.25) is 0 Å². The molecule has 0 aliphatic heterocycles. The molecule has 8 nitrogen and oxygen atoms in total. The summed E-state index contributed by atoms with van der Waals surface area (Å²) in [5.41, 5.74) is 1.71. The average Bonchev–Trinajstić information content (AvgIpc) is 3.10. The number of sulfonamides is 1. The molecule has 1 aromatic heterocycles. The molecule has 9 heteroatoms. The van der Waals surface area contributed by atoms with Crippen molar-refractivity contribution >= 4 is 15.7 Å². The second-order valence-electron chi connectivity index (χ2n) is 5.45. The molecule has 136 valence electrons. The summed E-state index contributed by atoms with van der Waals surface area (Å²) in [6, 6.07) is 12.0. The normalized spacial score (nSPS) is 11.2. The molecular formula is C17H17N3O5S. The van der Waals surface area contributed by atoms with E-state index in [1.165, 1.54) is 0 Å². The molecule has 2 aromatic carbocycles. The fraction of sp³-hybridized carbons (Fsp3) is 0.176. The molecule has 0 bridgehead atoms. The lowest BCUT2D eigenvalue weighted by Gasteiger charge is -2.07. The number of nitrogens with one attached hydrogen (secondary N) is 1. The van der Waals surface area contributed by atoms with Gasteiger partial charge in [0.15, 0.2) is 11.5 Å². The average molecular weight is 375 g/mol. The van der Waals surface area contributed by atoms with Crippen molar-refractivity contribution in [1.82, 2.24) is 10.1 Å². The highest BCUT2D eigenvalue weighted by atomic mass is 32.2. The molecule has 26 heavy (non-hydrogen) atoms. The van der Waals surface area contributed by atoms with Crippen molar-refractivity contribution in [1.29, 1.82) is 0 Å². The summed E-state index contributed by atoms with van der Waals surface area (Å²) in [7, 11) is -0.268. The summed E-state index contributed by atoms with van der Waals surface area (Å²) in [6.45, 7) is 0. The molecule has 0 atom stereocenters. The lowest BCUT2D eigenvalue weighted by molar-refractivity contribution is 0.355. The van der Waals surface area contributed by atoms with E-state index in [1.807, 2.05) is 0 Å². The van der Waals surface area contributed by atoms with E-state index in [-0.39, 0.29) is 5.89 Å². The first kappa shape index (κ1) is 17.7. The molecule has 1 N–H and O–H groups in total. The Hall–Kier alpha value is -3.07. The van der Waals surface area contributed by atoms with Crippen LogP contribution in [-0.2, 0) is 10.0 Å². The number of nitrogens with zero attached hydrogens (tertiary/aromatic N) is 2. The molecule has 3 aromatic rings. The maximum absolute atomic E-state index is 11.4. The Bertz CT molecular complexity index is 1030. The first-order chi connectivity index (χ1) is 12.4.